The summed E-state index contributed by atoms with van der Waals surface area (Å²) in [4.78, 5) is 20.1. The molecule has 0 aliphatic carbocycles. The van der Waals surface area contributed by atoms with E-state index in [2.05, 4.69) is 9.97 Å². The molecule has 0 saturated heterocycles. The molecule has 0 fully saturated rings. The zero-order valence-electron chi connectivity index (χ0n) is 15.0. The number of rotatable bonds is 6. The molecule has 0 aliphatic rings. The molecular formula is C18H22N4O4. The number of nitrogen functional groups attached to an aromatic ring is 1. The van der Waals surface area contributed by atoms with Crippen LogP contribution in [0.1, 0.15) is 37.0 Å². The van der Waals surface area contributed by atoms with Gasteiger partial charge < -0.3 is 25.3 Å². The van der Waals surface area contributed by atoms with Crippen LogP contribution >= 0.6 is 0 Å². The average Bonchev–Trinajstić information content (AvgIpc) is 2.90. The second-order valence-electron chi connectivity index (χ2n) is 6.80. The summed E-state index contributed by atoms with van der Waals surface area (Å²) >= 11 is 0. The summed E-state index contributed by atoms with van der Waals surface area (Å²) in [5.74, 6) is -0.191. The molecule has 2 heterocycles. The Labute approximate surface area is 150 Å². The lowest BCUT2D eigenvalue weighted by molar-refractivity contribution is 0.0582. The van der Waals surface area contributed by atoms with Gasteiger partial charge in [0.25, 0.3) is 0 Å². The van der Waals surface area contributed by atoms with Crippen LogP contribution in [0.15, 0.2) is 18.2 Å². The van der Waals surface area contributed by atoms with E-state index in [-0.39, 0.29) is 24.5 Å². The molecule has 8 heteroatoms. The Kier molecular flexibility index (Phi) is 4.55. The van der Waals surface area contributed by atoms with E-state index in [9.17, 15) is 15.0 Å². The monoisotopic (exact) mass is 358 g/mol. The fourth-order valence-corrected chi connectivity index (χ4v) is 2.95. The minimum atomic E-state index is -1.03. The standard InChI is InChI=1S/C18H22N4O4/c1-4-26-8-13-21-14-15(22(13)9-18(2,3)25)11-6-5-10(17(23)24)7-12(11)20-16(14)19/h5-7,25H,4,8-9H2,1-3H3,(H2,19,20)(H,23,24). The third kappa shape index (κ3) is 3.33. The van der Waals surface area contributed by atoms with Gasteiger partial charge in [0.15, 0.2) is 5.82 Å². The van der Waals surface area contributed by atoms with E-state index in [1.807, 2.05) is 11.5 Å². The third-order valence-corrected chi connectivity index (χ3v) is 4.01. The van der Waals surface area contributed by atoms with Crippen molar-refractivity contribution in [1.29, 1.82) is 0 Å². The van der Waals surface area contributed by atoms with Gasteiger partial charge in [-0.05, 0) is 39.0 Å². The number of nitrogens with two attached hydrogens (primary N) is 1. The molecule has 1 aromatic carbocycles. The zero-order chi connectivity index (χ0) is 19.1. The quantitative estimate of drug-likeness (QED) is 0.617. The van der Waals surface area contributed by atoms with Crippen molar-refractivity contribution >= 4 is 33.7 Å². The van der Waals surface area contributed by atoms with Crippen LogP contribution in [0.4, 0.5) is 5.82 Å². The van der Waals surface area contributed by atoms with E-state index < -0.39 is 11.6 Å². The molecule has 0 aliphatic heterocycles. The molecule has 0 unspecified atom stereocenters. The van der Waals surface area contributed by atoms with E-state index in [4.69, 9.17) is 10.5 Å². The number of nitrogens with zero attached hydrogens (tertiary/aromatic N) is 3. The van der Waals surface area contributed by atoms with Crippen molar-refractivity contribution in [2.24, 2.45) is 0 Å². The van der Waals surface area contributed by atoms with E-state index in [0.717, 1.165) is 5.39 Å². The molecule has 0 radical (unpaired) electrons. The number of aromatic carboxylic acids is 1. The Morgan fingerprint density at radius 1 is 1.35 bits per heavy atom. The van der Waals surface area contributed by atoms with E-state index in [1.165, 1.54) is 12.1 Å². The lowest BCUT2D eigenvalue weighted by atomic mass is 10.1. The van der Waals surface area contributed by atoms with Gasteiger partial charge in [0.2, 0.25) is 0 Å². The van der Waals surface area contributed by atoms with Crippen LogP contribution in [0.5, 0.6) is 0 Å². The van der Waals surface area contributed by atoms with Crippen molar-refractivity contribution in [3.05, 3.63) is 29.6 Å². The number of carbonyl (C=O) groups is 1. The first-order valence-corrected chi connectivity index (χ1v) is 8.33. The normalized spacial score (nSPS) is 12.2. The fraction of sp³-hybridized carbons (Fsp3) is 0.389. The number of carboxylic acids is 1. The highest BCUT2D eigenvalue weighted by molar-refractivity contribution is 6.08. The van der Waals surface area contributed by atoms with Crippen LogP contribution in [-0.4, -0.2) is 42.9 Å². The highest BCUT2D eigenvalue weighted by Crippen LogP contribution is 2.30. The number of anilines is 1. The van der Waals surface area contributed by atoms with Gasteiger partial charge >= 0.3 is 5.97 Å². The fourth-order valence-electron chi connectivity index (χ4n) is 2.95. The summed E-state index contributed by atoms with van der Waals surface area (Å²) in [5, 5.41) is 20.3. The Morgan fingerprint density at radius 2 is 2.08 bits per heavy atom. The molecule has 0 atom stereocenters. The minimum absolute atomic E-state index is 0.131. The maximum atomic E-state index is 11.2. The first-order valence-electron chi connectivity index (χ1n) is 8.33. The predicted molar refractivity (Wildman–Crippen MR) is 98.0 cm³/mol. The molecule has 3 rings (SSSR count). The van der Waals surface area contributed by atoms with Gasteiger partial charge in [-0.25, -0.2) is 14.8 Å². The first kappa shape index (κ1) is 18.1. The summed E-state index contributed by atoms with van der Waals surface area (Å²) in [5.41, 5.74) is 6.92. The number of hydrogen-bond donors (Lipinski definition) is 3. The molecule has 4 N–H and O–H groups in total. The minimum Gasteiger partial charge on any atom is -0.478 e. The van der Waals surface area contributed by atoms with Crippen LogP contribution in [0.25, 0.3) is 21.9 Å². The summed E-state index contributed by atoms with van der Waals surface area (Å²) < 4.78 is 7.37. The van der Waals surface area contributed by atoms with Gasteiger partial charge in [0, 0.05) is 12.0 Å². The van der Waals surface area contributed by atoms with E-state index in [0.29, 0.717) is 29.0 Å². The molecule has 0 saturated carbocycles. The van der Waals surface area contributed by atoms with Gasteiger partial charge in [-0.15, -0.1) is 0 Å². The summed E-state index contributed by atoms with van der Waals surface area (Å²) in [6, 6.07) is 4.70. The van der Waals surface area contributed by atoms with Crippen LogP contribution in [0, 0.1) is 0 Å². The number of fused-ring (bicyclic) bond motifs is 3. The van der Waals surface area contributed by atoms with Crippen molar-refractivity contribution in [2.45, 2.75) is 39.5 Å². The summed E-state index contributed by atoms with van der Waals surface area (Å²) in [7, 11) is 0. The Morgan fingerprint density at radius 3 is 2.69 bits per heavy atom. The number of benzene rings is 1. The molecule has 0 spiro atoms. The van der Waals surface area contributed by atoms with Crippen molar-refractivity contribution in [3.63, 3.8) is 0 Å². The molecule has 138 valence electrons. The maximum Gasteiger partial charge on any atom is 0.335 e. The van der Waals surface area contributed by atoms with Gasteiger partial charge in [0.1, 0.15) is 17.9 Å². The van der Waals surface area contributed by atoms with E-state index in [1.54, 1.807) is 19.9 Å². The smallest absolute Gasteiger partial charge is 0.335 e. The van der Waals surface area contributed by atoms with Crippen molar-refractivity contribution in [1.82, 2.24) is 14.5 Å². The Balaban J connectivity index is 2.33. The Bertz CT molecular complexity index is 988. The van der Waals surface area contributed by atoms with Gasteiger partial charge in [-0.2, -0.15) is 0 Å². The van der Waals surface area contributed by atoms with Crippen molar-refractivity contribution in [3.8, 4) is 0 Å². The molecule has 8 nitrogen and oxygen atoms in total. The molecule has 26 heavy (non-hydrogen) atoms. The maximum absolute atomic E-state index is 11.2. The number of ether oxygens (including phenoxy) is 1. The molecular weight excluding hydrogens is 336 g/mol. The first-order chi connectivity index (χ1) is 12.2. The molecule has 0 bridgehead atoms. The molecule has 2 aromatic heterocycles. The third-order valence-electron chi connectivity index (χ3n) is 4.01. The van der Waals surface area contributed by atoms with Gasteiger partial charge in [0.05, 0.1) is 28.7 Å². The second kappa shape index (κ2) is 6.54. The summed E-state index contributed by atoms with van der Waals surface area (Å²) in [6.45, 7) is 6.39. The predicted octanol–water partition coefficient (Wildman–Crippen LogP) is 2.17. The summed E-state index contributed by atoms with van der Waals surface area (Å²) in [6.07, 6.45) is 0. The largest absolute Gasteiger partial charge is 0.478 e. The number of carboxylic acid groups (broad SMARTS) is 1. The van der Waals surface area contributed by atoms with Crippen LogP contribution in [0.2, 0.25) is 0 Å². The second-order valence-corrected chi connectivity index (χ2v) is 6.80. The molecule has 3 aromatic rings. The van der Waals surface area contributed by atoms with Crippen molar-refractivity contribution in [2.75, 3.05) is 12.3 Å². The average molecular weight is 358 g/mol. The lowest BCUT2D eigenvalue weighted by Gasteiger charge is -2.20. The van der Waals surface area contributed by atoms with Gasteiger partial charge in [-0.1, -0.05) is 0 Å². The Hall–Kier alpha value is -2.71. The molecule has 0 amide bonds. The zero-order valence-corrected chi connectivity index (χ0v) is 15.0. The highest BCUT2D eigenvalue weighted by Gasteiger charge is 2.22. The van der Waals surface area contributed by atoms with Gasteiger partial charge in [-0.3, -0.25) is 0 Å². The highest BCUT2D eigenvalue weighted by atomic mass is 16.5. The lowest BCUT2D eigenvalue weighted by Crippen LogP contribution is -2.27. The number of hydrogen-bond acceptors (Lipinski definition) is 6. The number of pyridine rings is 1. The van der Waals surface area contributed by atoms with Crippen LogP contribution in [0.3, 0.4) is 0 Å². The van der Waals surface area contributed by atoms with E-state index >= 15 is 0 Å². The number of aliphatic hydroxyl groups is 1. The van der Waals surface area contributed by atoms with Crippen molar-refractivity contribution < 1.29 is 19.7 Å². The number of aromatic nitrogens is 3. The topological polar surface area (TPSA) is 123 Å². The van der Waals surface area contributed by atoms with Crippen LogP contribution in [-0.2, 0) is 17.9 Å². The number of imidazole rings is 1. The SMILES string of the molecule is CCOCc1nc2c(N)nc3cc(C(=O)O)ccc3c2n1CC(C)(C)O. The van der Waals surface area contributed by atoms with Crippen LogP contribution < -0.4 is 5.73 Å².